The molecule has 0 aromatic rings. The summed E-state index contributed by atoms with van der Waals surface area (Å²) in [5.74, 6) is -0.414. The van der Waals surface area contributed by atoms with Crippen LogP contribution in [0.4, 0.5) is 0 Å². The molecule has 3 saturated heterocycles. The average molecular weight is 213 g/mol. The number of carbonyl (C=O) groups is 1. The number of ether oxygens (including phenoxy) is 3. The number of nitrogens with zero attached hydrogens (tertiary/aromatic N) is 1. The van der Waals surface area contributed by atoms with Crippen molar-refractivity contribution >= 4 is 5.91 Å². The summed E-state index contributed by atoms with van der Waals surface area (Å²) in [6.07, 6.45) is 0.376. The molecule has 2 bridgehead atoms. The third-order valence-corrected chi connectivity index (χ3v) is 3.59. The molecule has 4 atom stereocenters. The Morgan fingerprint density at radius 1 is 1.60 bits per heavy atom. The molecule has 5 nitrogen and oxygen atoms in total. The number of hydrogen-bond donors (Lipinski definition) is 0. The van der Waals surface area contributed by atoms with E-state index in [1.54, 1.807) is 7.11 Å². The summed E-state index contributed by atoms with van der Waals surface area (Å²) in [5, 5.41) is 0. The summed E-state index contributed by atoms with van der Waals surface area (Å²) in [6.45, 7) is 3.20. The quantitative estimate of drug-likeness (QED) is 0.563. The van der Waals surface area contributed by atoms with Gasteiger partial charge >= 0.3 is 0 Å². The van der Waals surface area contributed by atoms with Crippen molar-refractivity contribution in [3.8, 4) is 0 Å². The van der Waals surface area contributed by atoms with E-state index in [1.165, 1.54) is 0 Å². The van der Waals surface area contributed by atoms with Crippen molar-refractivity contribution in [2.75, 3.05) is 20.3 Å². The molecule has 0 unspecified atom stereocenters. The SMILES string of the molecule is CO[C@H]1C(=O)N2CC[C@]3(C)OC[C@@H](O3)[C@@H]12. The van der Waals surface area contributed by atoms with Crippen LogP contribution in [0.5, 0.6) is 0 Å². The first-order valence-electron chi connectivity index (χ1n) is 5.30. The zero-order valence-corrected chi connectivity index (χ0v) is 8.93. The van der Waals surface area contributed by atoms with Gasteiger partial charge in [0.05, 0.1) is 12.6 Å². The largest absolute Gasteiger partial charge is 0.369 e. The van der Waals surface area contributed by atoms with E-state index in [0.29, 0.717) is 13.2 Å². The van der Waals surface area contributed by atoms with Crippen molar-refractivity contribution in [3.63, 3.8) is 0 Å². The average Bonchev–Trinajstić information content (AvgIpc) is 2.50. The molecule has 1 amide bonds. The molecule has 0 spiro atoms. The van der Waals surface area contributed by atoms with Gasteiger partial charge in [0.25, 0.3) is 5.91 Å². The standard InChI is InChI=1S/C10H15NO4/c1-10-3-4-11-7(6(15-10)5-14-10)8(13-2)9(11)12/h6-8H,3-5H2,1-2H3/t6-,7+,8-,10-/m1/s1. The minimum atomic E-state index is -0.499. The van der Waals surface area contributed by atoms with Crippen molar-refractivity contribution < 1.29 is 19.0 Å². The van der Waals surface area contributed by atoms with Crippen LogP contribution in [0.25, 0.3) is 0 Å². The molecule has 0 radical (unpaired) electrons. The molecule has 15 heavy (non-hydrogen) atoms. The summed E-state index contributed by atoms with van der Waals surface area (Å²) >= 11 is 0. The van der Waals surface area contributed by atoms with E-state index in [2.05, 4.69) is 0 Å². The Balaban J connectivity index is 1.86. The summed E-state index contributed by atoms with van der Waals surface area (Å²) in [6, 6.07) is 0.0480. The van der Waals surface area contributed by atoms with E-state index in [1.807, 2.05) is 11.8 Å². The maximum absolute atomic E-state index is 11.7. The Morgan fingerprint density at radius 2 is 2.40 bits per heavy atom. The van der Waals surface area contributed by atoms with Crippen LogP contribution in [0.3, 0.4) is 0 Å². The lowest BCUT2D eigenvalue weighted by molar-refractivity contribution is -0.179. The zero-order chi connectivity index (χ0) is 10.6. The molecular formula is C10H15NO4. The first kappa shape index (κ1) is 9.57. The van der Waals surface area contributed by atoms with E-state index in [0.717, 1.165) is 6.42 Å². The second-order valence-electron chi connectivity index (χ2n) is 4.53. The lowest BCUT2D eigenvalue weighted by Gasteiger charge is -2.47. The fourth-order valence-corrected chi connectivity index (χ4v) is 2.70. The monoisotopic (exact) mass is 213 g/mol. The Bertz CT molecular complexity index is 308. The number of amides is 1. The topological polar surface area (TPSA) is 48.0 Å². The van der Waals surface area contributed by atoms with E-state index in [4.69, 9.17) is 14.2 Å². The highest BCUT2D eigenvalue weighted by atomic mass is 16.7. The summed E-state index contributed by atoms with van der Waals surface area (Å²) in [4.78, 5) is 13.5. The molecule has 3 rings (SSSR count). The van der Waals surface area contributed by atoms with E-state index < -0.39 is 5.79 Å². The van der Waals surface area contributed by atoms with E-state index in [9.17, 15) is 4.79 Å². The Kier molecular flexibility index (Phi) is 1.87. The highest BCUT2D eigenvalue weighted by Gasteiger charge is 2.58. The lowest BCUT2D eigenvalue weighted by Crippen LogP contribution is -2.69. The number of fused-ring (bicyclic) bond motifs is 4. The first-order valence-corrected chi connectivity index (χ1v) is 5.30. The van der Waals surface area contributed by atoms with Crippen LogP contribution in [-0.2, 0) is 19.0 Å². The molecule has 0 N–H and O–H groups in total. The Morgan fingerprint density at radius 3 is 3.13 bits per heavy atom. The molecule has 84 valence electrons. The molecule has 3 fully saturated rings. The molecule has 3 heterocycles. The Labute approximate surface area is 88.3 Å². The predicted molar refractivity (Wildman–Crippen MR) is 50.1 cm³/mol. The Hall–Kier alpha value is -0.650. The van der Waals surface area contributed by atoms with Crippen molar-refractivity contribution in [2.24, 2.45) is 0 Å². The number of β-lactam (4-membered cyclic amide) rings is 1. The molecule has 0 aromatic carbocycles. The second kappa shape index (κ2) is 2.93. The van der Waals surface area contributed by atoms with Crippen molar-refractivity contribution in [1.82, 2.24) is 4.90 Å². The number of carbonyl (C=O) groups excluding carboxylic acids is 1. The highest BCUT2D eigenvalue weighted by Crippen LogP contribution is 2.39. The predicted octanol–water partition coefficient (Wildman–Crippen LogP) is -0.253. The van der Waals surface area contributed by atoms with Crippen molar-refractivity contribution in [1.29, 1.82) is 0 Å². The third kappa shape index (κ3) is 1.17. The van der Waals surface area contributed by atoms with Crippen LogP contribution < -0.4 is 0 Å². The van der Waals surface area contributed by atoms with Gasteiger partial charge in [-0.3, -0.25) is 4.79 Å². The molecule has 0 saturated carbocycles. The molecular weight excluding hydrogens is 198 g/mol. The maximum atomic E-state index is 11.7. The van der Waals surface area contributed by atoms with Gasteiger partial charge in [0.1, 0.15) is 6.10 Å². The van der Waals surface area contributed by atoms with Gasteiger partial charge in [-0.2, -0.15) is 0 Å². The normalized spacial score (nSPS) is 48.5. The zero-order valence-electron chi connectivity index (χ0n) is 8.93. The lowest BCUT2D eigenvalue weighted by atomic mass is 9.92. The molecule has 3 aliphatic heterocycles. The number of rotatable bonds is 1. The highest BCUT2D eigenvalue weighted by molar-refractivity contribution is 5.88. The van der Waals surface area contributed by atoms with Crippen molar-refractivity contribution in [2.45, 2.75) is 37.4 Å². The minimum absolute atomic E-state index is 0.0276. The number of methoxy groups -OCH3 is 1. The van der Waals surface area contributed by atoms with Gasteiger partial charge < -0.3 is 19.1 Å². The third-order valence-electron chi connectivity index (χ3n) is 3.59. The van der Waals surface area contributed by atoms with Gasteiger partial charge in [-0.25, -0.2) is 0 Å². The van der Waals surface area contributed by atoms with Crippen LogP contribution >= 0.6 is 0 Å². The van der Waals surface area contributed by atoms with Gasteiger partial charge in [-0.05, 0) is 6.92 Å². The fourth-order valence-electron chi connectivity index (χ4n) is 2.70. The second-order valence-corrected chi connectivity index (χ2v) is 4.53. The van der Waals surface area contributed by atoms with Crippen LogP contribution in [-0.4, -0.2) is 55.1 Å². The van der Waals surface area contributed by atoms with Crippen LogP contribution in [0.1, 0.15) is 13.3 Å². The van der Waals surface area contributed by atoms with Gasteiger partial charge in [0, 0.05) is 20.1 Å². The molecule has 0 aliphatic carbocycles. The van der Waals surface area contributed by atoms with Gasteiger partial charge in [0.2, 0.25) is 0 Å². The fraction of sp³-hybridized carbons (Fsp3) is 0.900. The van der Waals surface area contributed by atoms with Gasteiger partial charge in [0.15, 0.2) is 11.9 Å². The smallest absolute Gasteiger partial charge is 0.254 e. The molecule has 5 heteroatoms. The summed E-state index contributed by atoms with van der Waals surface area (Å²) in [5.41, 5.74) is 0. The van der Waals surface area contributed by atoms with Crippen LogP contribution in [0, 0.1) is 0 Å². The van der Waals surface area contributed by atoms with Gasteiger partial charge in [-0.1, -0.05) is 0 Å². The molecule has 0 aromatic heterocycles. The molecule has 3 aliphatic rings. The van der Waals surface area contributed by atoms with Crippen LogP contribution in [0.15, 0.2) is 0 Å². The van der Waals surface area contributed by atoms with E-state index >= 15 is 0 Å². The van der Waals surface area contributed by atoms with Crippen LogP contribution in [0.2, 0.25) is 0 Å². The maximum Gasteiger partial charge on any atom is 0.254 e. The summed E-state index contributed by atoms with van der Waals surface area (Å²) < 4.78 is 16.6. The summed E-state index contributed by atoms with van der Waals surface area (Å²) in [7, 11) is 1.57. The number of hydrogen-bond acceptors (Lipinski definition) is 4. The van der Waals surface area contributed by atoms with Gasteiger partial charge in [-0.15, -0.1) is 0 Å². The van der Waals surface area contributed by atoms with Crippen molar-refractivity contribution in [3.05, 3.63) is 0 Å². The van der Waals surface area contributed by atoms with E-state index in [-0.39, 0.29) is 24.2 Å². The first-order chi connectivity index (χ1) is 7.14. The minimum Gasteiger partial charge on any atom is -0.369 e.